The highest BCUT2D eigenvalue weighted by atomic mass is 32.2. The highest BCUT2D eigenvalue weighted by molar-refractivity contribution is 7.89. The van der Waals surface area contributed by atoms with E-state index in [0.717, 1.165) is 9.01 Å². The molecule has 0 N–H and O–H groups in total. The monoisotopic (exact) mass is 568 g/mol. The summed E-state index contributed by atoms with van der Waals surface area (Å²) >= 11 is 1.36. The number of nitriles is 2. The van der Waals surface area contributed by atoms with Crippen LogP contribution < -0.4 is 14.4 Å². The first-order valence-corrected chi connectivity index (χ1v) is 14.5. The fraction of sp³-hybridized carbons (Fsp3) is 0.385. The number of likely N-dealkylation sites (N-methyl/N-ethyl adjacent to an activating group) is 1. The molecule has 0 bridgehead atoms. The highest BCUT2D eigenvalue weighted by Gasteiger charge is 2.26. The summed E-state index contributed by atoms with van der Waals surface area (Å²) in [6.07, 6.45) is 0.0108. The van der Waals surface area contributed by atoms with Crippen molar-refractivity contribution in [3.63, 3.8) is 0 Å². The Morgan fingerprint density at radius 1 is 0.974 bits per heavy atom. The van der Waals surface area contributed by atoms with Crippen LogP contribution in [0.5, 0.6) is 11.5 Å². The minimum atomic E-state index is -3.94. The number of sulfonamides is 1. The van der Waals surface area contributed by atoms with Crippen LogP contribution in [0.2, 0.25) is 0 Å². The molecule has 0 spiro atoms. The van der Waals surface area contributed by atoms with Crippen molar-refractivity contribution in [1.82, 2.24) is 14.2 Å². The first-order chi connectivity index (χ1) is 18.7. The summed E-state index contributed by atoms with van der Waals surface area (Å²) in [5.74, 6) is 0.945. The number of benzene rings is 2. The van der Waals surface area contributed by atoms with E-state index in [2.05, 4.69) is 0 Å². The third kappa shape index (κ3) is 6.46. The third-order valence-corrected chi connectivity index (χ3v) is 8.93. The molecule has 1 aliphatic heterocycles. The van der Waals surface area contributed by atoms with Gasteiger partial charge in [0.1, 0.15) is 13.2 Å². The second-order valence-corrected chi connectivity index (χ2v) is 11.9. The van der Waals surface area contributed by atoms with Crippen molar-refractivity contribution in [2.45, 2.75) is 17.7 Å². The van der Waals surface area contributed by atoms with Crippen LogP contribution in [0, 0.1) is 22.7 Å². The molecule has 1 aliphatic rings. The van der Waals surface area contributed by atoms with Gasteiger partial charge in [0.2, 0.25) is 10.0 Å². The van der Waals surface area contributed by atoms with Gasteiger partial charge in [-0.3, -0.25) is 9.69 Å². The zero-order valence-electron chi connectivity index (χ0n) is 21.7. The normalized spacial score (nSPS) is 12.9. The molecule has 0 atom stereocenters. The van der Waals surface area contributed by atoms with Gasteiger partial charge in [-0.05, 0) is 38.4 Å². The molecule has 0 radical (unpaired) electrons. The molecule has 11 nitrogen and oxygen atoms in total. The Kier molecular flexibility index (Phi) is 8.99. The van der Waals surface area contributed by atoms with Crippen molar-refractivity contribution < 1.29 is 22.7 Å². The van der Waals surface area contributed by atoms with Crippen LogP contribution >= 0.6 is 11.3 Å². The molecule has 2 heterocycles. The van der Waals surface area contributed by atoms with Crippen LogP contribution in [0.3, 0.4) is 0 Å². The Morgan fingerprint density at radius 2 is 1.59 bits per heavy atom. The first-order valence-electron chi connectivity index (χ1n) is 12.3. The Balaban J connectivity index is 1.62. The molecule has 4 rings (SSSR count). The van der Waals surface area contributed by atoms with Gasteiger partial charge < -0.3 is 14.4 Å². The van der Waals surface area contributed by atoms with Gasteiger partial charge in [-0.1, -0.05) is 11.3 Å². The second-order valence-electron chi connectivity index (χ2n) is 8.96. The zero-order chi connectivity index (χ0) is 28.0. The molecule has 0 saturated heterocycles. The second kappa shape index (κ2) is 12.4. The van der Waals surface area contributed by atoms with Crippen LogP contribution in [0.25, 0.3) is 10.2 Å². The average molecular weight is 569 g/mol. The van der Waals surface area contributed by atoms with Crippen LogP contribution in [0.15, 0.2) is 41.3 Å². The lowest BCUT2D eigenvalue weighted by Gasteiger charge is -2.22. The van der Waals surface area contributed by atoms with Crippen LogP contribution in [-0.4, -0.2) is 82.0 Å². The third-order valence-electron chi connectivity index (χ3n) is 5.97. The number of aromatic nitrogens is 1. The summed E-state index contributed by atoms with van der Waals surface area (Å²) in [5, 5.41) is 18.3. The summed E-state index contributed by atoms with van der Waals surface area (Å²) in [6.45, 7) is 1.85. The fourth-order valence-electron chi connectivity index (χ4n) is 3.93. The lowest BCUT2D eigenvalue weighted by molar-refractivity contribution is 0.0985. The topological polar surface area (TPSA) is 140 Å². The summed E-state index contributed by atoms with van der Waals surface area (Å²) in [4.78, 5) is 21.9. The molecule has 0 aliphatic carbocycles. The van der Waals surface area contributed by atoms with E-state index in [9.17, 15) is 13.2 Å². The van der Waals surface area contributed by atoms with Crippen molar-refractivity contribution >= 4 is 42.6 Å². The van der Waals surface area contributed by atoms with Crippen molar-refractivity contribution in [3.05, 3.63) is 42.0 Å². The number of hydrogen-bond donors (Lipinski definition) is 0. The van der Waals surface area contributed by atoms with Gasteiger partial charge in [-0.15, -0.1) is 0 Å². The van der Waals surface area contributed by atoms with Crippen LogP contribution in [0.1, 0.15) is 23.2 Å². The number of ether oxygens (including phenoxy) is 2. The maximum Gasteiger partial charge on any atom is 0.260 e. The predicted molar refractivity (Wildman–Crippen MR) is 147 cm³/mol. The molecule has 39 heavy (non-hydrogen) atoms. The van der Waals surface area contributed by atoms with Crippen LogP contribution in [-0.2, 0) is 10.0 Å². The lowest BCUT2D eigenvalue weighted by atomic mass is 10.2. The zero-order valence-corrected chi connectivity index (χ0v) is 23.3. The number of carbonyl (C=O) groups excluding carboxylic acids is 1. The molecule has 1 aromatic heterocycles. The maximum absolute atomic E-state index is 13.7. The fourth-order valence-corrected chi connectivity index (χ4v) is 6.37. The van der Waals surface area contributed by atoms with Crippen LogP contribution in [0.4, 0.5) is 5.13 Å². The van der Waals surface area contributed by atoms with Gasteiger partial charge in [0, 0.05) is 56.7 Å². The summed E-state index contributed by atoms with van der Waals surface area (Å²) in [5.41, 5.74) is 0.997. The molecule has 13 heteroatoms. The summed E-state index contributed by atoms with van der Waals surface area (Å²) < 4.78 is 39.6. The minimum Gasteiger partial charge on any atom is -0.486 e. The molecule has 0 unspecified atom stereocenters. The quantitative estimate of drug-likeness (QED) is 0.341. The van der Waals surface area contributed by atoms with Gasteiger partial charge in [-0.25, -0.2) is 13.4 Å². The smallest absolute Gasteiger partial charge is 0.260 e. The van der Waals surface area contributed by atoms with Crippen molar-refractivity contribution in [3.8, 4) is 23.6 Å². The molecule has 0 saturated carbocycles. The molecule has 1 amide bonds. The average Bonchev–Trinajstić information content (AvgIpc) is 3.33. The van der Waals surface area contributed by atoms with E-state index in [-0.39, 0.29) is 36.7 Å². The number of rotatable bonds is 11. The van der Waals surface area contributed by atoms with Gasteiger partial charge in [0.15, 0.2) is 16.6 Å². The Hall–Kier alpha value is -3.75. The van der Waals surface area contributed by atoms with E-state index in [1.54, 1.807) is 4.90 Å². The van der Waals surface area contributed by atoms with E-state index in [4.69, 9.17) is 25.0 Å². The largest absolute Gasteiger partial charge is 0.486 e. The van der Waals surface area contributed by atoms with Gasteiger partial charge in [0.25, 0.3) is 5.91 Å². The van der Waals surface area contributed by atoms with Gasteiger partial charge in [-0.2, -0.15) is 14.8 Å². The number of hydrogen-bond acceptors (Lipinski definition) is 10. The summed E-state index contributed by atoms with van der Waals surface area (Å²) in [7, 11) is -0.121. The number of carbonyl (C=O) groups is 1. The van der Waals surface area contributed by atoms with Crippen molar-refractivity contribution in [2.24, 2.45) is 0 Å². The highest BCUT2D eigenvalue weighted by Crippen LogP contribution is 2.39. The lowest BCUT2D eigenvalue weighted by Crippen LogP contribution is -2.36. The van der Waals surface area contributed by atoms with Gasteiger partial charge in [0.05, 0.1) is 27.3 Å². The van der Waals surface area contributed by atoms with E-state index < -0.39 is 10.0 Å². The molecular weight excluding hydrogens is 540 g/mol. The van der Waals surface area contributed by atoms with Gasteiger partial charge >= 0.3 is 0 Å². The Morgan fingerprint density at radius 3 is 2.18 bits per heavy atom. The minimum absolute atomic E-state index is 0.00542. The predicted octanol–water partition coefficient (Wildman–Crippen LogP) is 3.09. The standard InChI is InChI=1S/C26H28N6O5S2/c1-30(2)13-14-32(26-29-21-17-22-23(18-24(21)38-26)37-16-15-36-22)25(33)19-5-7-20(8-6-19)39(34,35)31(11-3-9-27)12-4-10-28/h5-8,17-18H,3-4,11-16H2,1-2H3. The number of anilines is 1. The Labute approximate surface area is 231 Å². The summed E-state index contributed by atoms with van der Waals surface area (Å²) in [6, 6.07) is 13.2. The Bertz CT molecular complexity index is 1460. The number of fused-ring (bicyclic) bond motifs is 2. The molecule has 3 aromatic rings. The van der Waals surface area contributed by atoms with Crippen molar-refractivity contribution in [1.29, 1.82) is 10.5 Å². The van der Waals surface area contributed by atoms with E-state index in [0.29, 0.717) is 54.0 Å². The molecular formula is C26H28N6O5S2. The van der Waals surface area contributed by atoms with Crippen molar-refractivity contribution in [2.75, 3.05) is 58.4 Å². The van der Waals surface area contributed by atoms with E-state index in [1.807, 2.05) is 43.3 Å². The SMILES string of the molecule is CN(C)CCN(C(=O)c1ccc(S(=O)(=O)N(CCC#N)CCC#N)cc1)c1nc2cc3c(cc2s1)OCCO3. The number of nitrogens with zero attached hydrogens (tertiary/aromatic N) is 6. The van der Waals surface area contributed by atoms with E-state index >= 15 is 0 Å². The molecule has 2 aromatic carbocycles. The number of thiazole rings is 1. The number of amides is 1. The molecule has 0 fully saturated rings. The van der Waals surface area contributed by atoms with E-state index in [1.165, 1.54) is 35.6 Å². The molecule has 204 valence electrons. The maximum atomic E-state index is 13.7. The first kappa shape index (κ1) is 28.3.